The standard InChI is InChI=1S/C16H22N2O2/c1-12(2)10-14-16(20)18(9-8-15(19)17-14)11-13-6-4-3-5-7-13/h3-7,12,14H,8-11H2,1-2H3,(H,17,19)/t14-/m1/s1. The van der Waals surface area contributed by atoms with Crippen LogP contribution < -0.4 is 5.32 Å². The van der Waals surface area contributed by atoms with Crippen LogP contribution in [0.2, 0.25) is 0 Å². The average Bonchev–Trinajstić information content (AvgIpc) is 2.53. The zero-order valence-electron chi connectivity index (χ0n) is 12.1. The zero-order chi connectivity index (χ0) is 14.5. The van der Waals surface area contributed by atoms with E-state index in [1.54, 1.807) is 4.90 Å². The van der Waals surface area contributed by atoms with Gasteiger partial charge in [0.05, 0.1) is 0 Å². The van der Waals surface area contributed by atoms with Crippen LogP contribution >= 0.6 is 0 Å². The van der Waals surface area contributed by atoms with Gasteiger partial charge in [0.2, 0.25) is 11.8 Å². The molecule has 0 spiro atoms. The van der Waals surface area contributed by atoms with Crippen LogP contribution in [0.25, 0.3) is 0 Å². The van der Waals surface area contributed by atoms with Crippen LogP contribution in [0.1, 0.15) is 32.3 Å². The Hall–Kier alpha value is -1.84. The monoisotopic (exact) mass is 274 g/mol. The van der Waals surface area contributed by atoms with Crippen molar-refractivity contribution in [2.24, 2.45) is 5.92 Å². The van der Waals surface area contributed by atoms with E-state index in [9.17, 15) is 9.59 Å². The molecule has 20 heavy (non-hydrogen) atoms. The predicted octanol–water partition coefficient (Wildman–Crippen LogP) is 1.95. The number of carbonyl (C=O) groups is 2. The summed E-state index contributed by atoms with van der Waals surface area (Å²) in [5.41, 5.74) is 1.10. The zero-order valence-corrected chi connectivity index (χ0v) is 12.1. The number of carbonyl (C=O) groups excluding carboxylic acids is 2. The minimum Gasteiger partial charge on any atom is -0.344 e. The van der Waals surface area contributed by atoms with Crippen molar-refractivity contribution >= 4 is 11.8 Å². The third-order valence-electron chi connectivity index (χ3n) is 3.48. The number of hydrogen-bond donors (Lipinski definition) is 1. The first-order valence-corrected chi connectivity index (χ1v) is 7.18. The molecule has 1 fully saturated rings. The SMILES string of the molecule is CC(C)C[C@H]1NC(=O)CCN(Cc2ccccc2)C1=O. The first-order valence-electron chi connectivity index (χ1n) is 7.18. The molecular weight excluding hydrogens is 252 g/mol. The van der Waals surface area contributed by atoms with Crippen LogP contribution in [0.4, 0.5) is 0 Å². The van der Waals surface area contributed by atoms with Gasteiger partial charge in [-0.3, -0.25) is 9.59 Å². The number of nitrogens with zero attached hydrogens (tertiary/aromatic N) is 1. The molecule has 1 heterocycles. The van der Waals surface area contributed by atoms with Crippen molar-refractivity contribution in [2.75, 3.05) is 6.54 Å². The molecule has 1 aromatic carbocycles. The van der Waals surface area contributed by atoms with Gasteiger partial charge in [-0.2, -0.15) is 0 Å². The molecule has 1 atom stereocenters. The Morgan fingerprint density at radius 3 is 2.60 bits per heavy atom. The number of hydrogen-bond acceptors (Lipinski definition) is 2. The van der Waals surface area contributed by atoms with E-state index in [-0.39, 0.29) is 17.9 Å². The topological polar surface area (TPSA) is 49.4 Å². The van der Waals surface area contributed by atoms with Gasteiger partial charge in [-0.05, 0) is 17.9 Å². The van der Waals surface area contributed by atoms with Crippen LogP contribution in [0.15, 0.2) is 30.3 Å². The highest BCUT2D eigenvalue weighted by Crippen LogP contribution is 2.14. The summed E-state index contributed by atoms with van der Waals surface area (Å²) in [7, 11) is 0. The summed E-state index contributed by atoms with van der Waals surface area (Å²) in [5, 5.41) is 2.85. The van der Waals surface area contributed by atoms with Gasteiger partial charge in [-0.25, -0.2) is 0 Å². The molecule has 2 rings (SSSR count). The van der Waals surface area contributed by atoms with Crippen molar-refractivity contribution in [3.8, 4) is 0 Å². The largest absolute Gasteiger partial charge is 0.344 e. The smallest absolute Gasteiger partial charge is 0.245 e. The lowest BCUT2D eigenvalue weighted by atomic mass is 10.0. The van der Waals surface area contributed by atoms with E-state index < -0.39 is 0 Å². The fourth-order valence-corrected chi connectivity index (χ4v) is 2.49. The first-order chi connectivity index (χ1) is 9.56. The number of amides is 2. The number of nitrogens with one attached hydrogen (secondary N) is 1. The molecule has 4 nitrogen and oxygen atoms in total. The highest BCUT2D eigenvalue weighted by atomic mass is 16.2. The fourth-order valence-electron chi connectivity index (χ4n) is 2.49. The number of rotatable bonds is 4. The van der Waals surface area contributed by atoms with E-state index in [2.05, 4.69) is 19.2 Å². The maximum Gasteiger partial charge on any atom is 0.245 e. The number of benzene rings is 1. The van der Waals surface area contributed by atoms with Crippen LogP contribution in [-0.4, -0.2) is 29.3 Å². The van der Waals surface area contributed by atoms with Crippen LogP contribution in [0, 0.1) is 5.92 Å². The Balaban J connectivity index is 2.11. The van der Waals surface area contributed by atoms with Crippen molar-refractivity contribution in [1.82, 2.24) is 10.2 Å². The molecule has 4 heteroatoms. The molecule has 1 N–H and O–H groups in total. The van der Waals surface area contributed by atoms with Gasteiger partial charge in [-0.1, -0.05) is 44.2 Å². The molecule has 0 aromatic heterocycles. The molecule has 1 aromatic rings. The minimum absolute atomic E-state index is 0.0282. The molecule has 0 unspecified atom stereocenters. The Morgan fingerprint density at radius 1 is 1.25 bits per heavy atom. The fraction of sp³-hybridized carbons (Fsp3) is 0.500. The molecule has 1 aliphatic heterocycles. The Morgan fingerprint density at radius 2 is 1.95 bits per heavy atom. The second-order valence-corrected chi connectivity index (χ2v) is 5.75. The Kier molecular flexibility index (Phi) is 4.77. The van der Waals surface area contributed by atoms with Gasteiger partial charge < -0.3 is 10.2 Å². The molecule has 108 valence electrons. The van der Waals surface area contributed by atoms with Crippen molar-refractivity contribution < 1.29 is 9.59 Å². The Bertz CT molecular complexity index is 471. The van der Waals surface area contributed by atoms with Crippen molar-refractivity contribution in [2.45, 2.75) is 39.3 Å². The van der Waals surface area contributed by atoms with E-state index in [1.807, 2.05) is 30.3 Å². The highest BCUT2D eigenvalue weighted by Gasteiger charge is 2.30. The molecule has 0 saturated carbocycles. The molecule has 2 amide bonds. The second kappa shape index (κ2) is 6.55. The first kappa shape index (κ1) is 14.6. The molecule has 1 aliphatic rings. The average molecular weight is 274 g/mol. The lowest BCUT2D eigenvalue weighted by Crippen LogP contribution is -2.45. The molecular formula is C16H22N2O2. The van der Waals surface area contributed by atoms with Gasteiger partial charge in [-0.15, -0.1) is 0 Å². The van der Waals surface area contributed by atoms with Gasteiger partial charge in [0.1, 0.15) is 6.04 Å². The summed E-state index contributed by atoms with van der Waals surface area (Å²) in [5.74, 6) is 0.383. The van der Waals surface area contributed by atoms with Crippen LogP contribution in [0.5, 0.6) is 0 Å². The minimum atomic E-state index is -0.381. The quantitative estimate of drug-likeness (QED) is 0.912. The maximum absolute atomic E-state index is 12.5. The lowest BCUT2D eigenvalue weighted by molar-refractivity contribution is -0.134. The molecule has 1 saturated heterocycles. The van der Waals surface area contributed by atoms with Crippen LogP contribution in [0.3, 0.4) is 0 Å². The van der Waals surface area contributed by atoms with E-state index in [1.165, 1.54) is 0 Å². The van der Waals surface area contributed by atoms with Crippen molar-refractivity contribution in [1.29, 1.82) is 0 Å². The summed E-state index contributed by atoms with van der Waals surface area (Å²) in [6, 6.07) is 9.52. The van der Waals surface area contributed by atoms with Gasteiger partial charge in [0, 0.05) is 19.5 Å². The summed E-state index contributed by atoms with van der Waals surface area (Å²) >= 11 is 0. The molecule has 0 aliphatic carbocycles. The normalized spacial score (nSPS) is 19.9. The predicted molar refractivity (Wildman–Crippen MR) is 77.9 cm³/mol. The van der Waals surface area contributed by atoms with Gasteiger partial charge in [0.25, 0.3) is 0 Å². The summed E-state index contributed by atoms with van der Waals surface area (Å²) in [4.78, 5) is 26.1. The molecule has 0 radical (unpaired) electrons. The van der Waals surface area contributed by atoms with E-state index in [0.29, 0.717) is 31.8 Å². The highest BCUT2D eigenvalue weighted by molar-refractivity contribution is 5.89. The van der Waals surface area contributed by atoms with Gasteiger partial charge in [0.15, 0.2) is 0 Å². The lowest BCUT2D eigenvalue weighted by Gasteiger charge is -2.25. The van der Waals surface area contributed by atoms with Crippen LogP contribution in [-0.2, 0) is 16.1 Å². The second-order valence-electron chi connectivity index (χ2n) is 5.75. The summed E-state index contributed by atoms with van der Waals surface area (Å²) in [6.07, 6.45) is 1.07. The third kappa shape index (κ3) is 3.83. The Labute approximate surface area is 120 Å². The van der Waals surface area contributed by atoms with E-state index in [0.717, 1.165) is 5.56 Å². The maximum atomic E-state index is 12.5. The van der Waals surface area contributed by atoms with Gasteiger partial charge >= 0.3 is 0 Å². The van der Waals surface area contributed by atoms with E-state index in [4.69, 9.17) is 0 Å². The summed E-state index contributed by atoms with van der Waals surface area (Å²) in [6.45, 7) is 5.19. The van der Waals surface area contributed by atoms with E-state index >= 15 is 0 Å². The van der Waals surface area contributed by atoms with Crippen molar-refractivity contribution in [3.05, 3.63) is 35.9 Å². The van der Waals surface area contributed by atoms with Crippen molar-refractivity contribution in [3.63, 3.8) is 0 Å². The molecule has 0 bridgehead atoms. The summed E-state index contributed by atoms with van der Waals surface area (Å²) < 4.78 is 0. The third-order valence-corrected chi connectivity index (χ3v) is 3.48.